The fourth-order valence-electron chi connectivity index (χ4n) is 1.78. The summed E-state index contributed by atoms with van der Waals surface area (Å²) in [6.07, 6.45) is -0.0611. The molecule has 3 N–H and O–H groups in total. The Morgan fingerprint density at radius 3 is 2.73 bits per heavy atom. The van der Waals surface area contributed by atoms with Crippen molar-refractivity contribution in [1.29, 1.82) is 0 Å². The Hall–Kier alpha value is -1.32. The van der Waals surface area contributed by atoms with Gasteiger partial charge in [0, 0.05) is 13.1 Å². The molecule has 1 aliphatic rings. The Balaban J connectivity index is 2.15. The zero-order chi connectivity index (χ0) is 10.7. The van der Waals surface area contributed by atoms with Crippen LogP contribution >= 0.6 is 0 Å². The SMILES string of the molecule is OC1=C(Cc2ccccc2)CNC[C@H]1O. The van der Waals surface area contributed by atoms with E-state index < -0.39 is 6.10 Å². The summed E-state index contributed by atoms with van der Waals surface area (Å²) in [5.74, 6) is 0.137. The molecule has 0 spiro atoms. The lowest BCUT2D eigenvalue weighted by Gasteiger charge is -2.22. The third kappa shape index (κ3) is 2.37. The van der Waals surface area contributed by atoms with Crippen LogP contribution in [0.4, 0.5) is 0 Å². The molecule has 0 saturated heterocycles. The predicted octanol–water partition coefficient (Wildman–Crippen LogP) is 1.01. The number of nitrogens with one attached hydrogen (secondary N) is 1. The topological polar surface area (TPSA) is 52.5 Å². The summed E-state index contributed by atoms with van der Waals surface area (Å²) in [4.78, 5) is 0. The first kappa shape index (κ1) is 10.2. The second kappa shape index (κ2) is 4.47. The minimum Gasteiger partial charge on any atom is -0.509 e. The van der Waals surface area contributed by atoms with Gasteiger partial charge in [-0.25, -0.2) is 0 Å². The van der Waals surface area contributed by atoms with Crippen LogP contribution in [0.1, 0.15) is 5.56 Å². The molecule has 1 heterocycles. The maximum Gasteiger partial charge on any atom is 0.123 e. The number of β-amino-alcohol motifs (C(OH)–C–C–N with tert-alkyl or cyclic N) is 1. The van der Waals surface area contributed by atoms with Gasteiger partial charge < -0.3 is 15.5 Å². The van der Waals surface area contributed by atoms with Gasteiger partial charge in [-0.2, -0.15) is 0 Å². The molecule has 3 heteroatoms. The minimum atomic E-state index is -0.752. The van der Waals surface area contributed by atoms with Gasteiger partial charge in [0.25, 0.3) is 0 Å². The average molecular weight is 205 g/mol. The van der Waals surface area contributed by atoms with Gasteiger partial charge in [-0.3, -0.25) is 0 Å². The number of benzene rings is 1. The molecule has 80 valence electrons. The van der Waals surface area contributed by atoms with Crippen LogP contribution in [0.2, 0.25) is 0 Å². The number of aliphatic hydroxyl groups is 2. The Morgan fingerprint density at radius 2 is 2.00 bits per heavy atom. The van der Waals surface area contributed by atoms with Crippen LogP contribution in [0.3, 0.4) is 0 Å². The average Bonchev–Trinajstić information content (AvgIpc) is 2.26. The summed E-state index contributed by atoms with van der Waals surface area (Å²) in [6, 6.07) is 9.94. The molecule has 2 rings (SSSR count). The molecule has 0 amide bonds. The smallest absolute Gasteiger partial charge is 0.123 e. The van der Waals surface area contributed by atoms with Crippen molar-refractivity contribution >= 4 is 0 Å². The molecule has 0 fully saturated rings. The monoisotopic (exact) mass is 205 g/mol. The summed E-state index contributed by atoms with van der Waals surface area (Å²) in [5, 5.41) is 22.2. The second-order valence-corrected chi connectivity index (χ2v) is 3.80. The molecule has 0 saturated carbocycles. The van der Waals surface area contributed by atoms with E-state index in [0.717, 1.165) is 11.1 Å². The minimum absolute atomic E-state index is 0.137. The van der Waals surface area contributed by atoms with E-state index in [1.54, 1.807) is 0 Å². The van der Waals surface area contributed by atoms with E-state index in [2.05, 4.69) is 5.32 Å². The third-order valence-electron chi connectivity index (χ3n) is 2.61. The predicted molar refractivity (Wildman–Crippen MR) is 58.7 cm³/mol. The van der Waals surface area contributed by atoms with Gasteiger partial charge in [-0.05, 0) is 17.6 Å². The number of hydrogen-bond donors (Lipinski definition) is 3. The van der Waals surface area contributed by atoms with E-state index in [1.165, 1.54) is 0 Å². The molecule has 0 aliphatic carbocycles. The van der Waals surface area contributed by atoms with E-state index in [0.29, 0.717) is 19.5 Å². The van der Waals surface area contributed by atoms with Gasteiger partial charge in [0.15, 0.2) is 0 Å². The molecule has 3 nitrogen and oxygen atoms in total. The lowest BCUT2D eigenvalue weighted by atomic mass is 10.00. The summed E-state index contributed by atoms with van der Waals surface area (Å²) >= 11 is 0. The lowest BCUT2D eigenvalue weighted by Crippen LogP contribution is -2.36. The number of aliphatic hydroxyl groups excluding tert-OH is 2. The van der Waals surface area contributed by atoms with Crippen LogP contribution in [0.25, 0.3) is 0 Å². The molecule has 0 unspecified atom stereocenters. The van der Waals surface area contributed by atoms with Crippen LogP contribution in [0.15, 0.2) is 41.7 Å². The van der Waals surface area contributed by atoms with Crippen molar-refractivity contribution in [2.24, 2.45) is 0 Å². The molecular formula is C12H15NO2. The summed E-state index contributed by atoms with van der Waals surface area (Å²) in [7, 11) is 0. The van der Waals surface area contributed by atoms with Gasteiger partial charge in [-0.15, -0.1) is 0 Å². The molecular weight excluding hydrogens is 190 g/mol. The van der Waals surface area contributed by atoms with Gasteiger partial charge in [0.2, 0.25) is 0 Å². The highest BCUT2D eigenvalue weighted by molar-refractivity contribution is 5.26. The molecule has 0 bridgehead atoms. The Bertz CT molecular complexity index is 359. The first-order valence-corrected chi connectivity index (χ1v) is 5.11. The van der Waals surface area contributed by atoms with Crippen molar-refractivity contribution < 1.29 is 10.2 Å². The van der Waals surface area contributed by atoms with Crippen molar-refractivity contribution in [3.63, 3.8) is 0 Å². The standard InChI is InChI=1S/C12H15NO2/c14-11-8-13-7-10(12(11)15)6-9-4-2-1-3-5-9/h1-5,11,13-15H,6-8H2/t11-/m1/s1. The van der Waals surface area contributed by atoms with Gasteiger partial charge in [-0.1, -0.05) is 30.3 Å². The van der Waals surface area contributed by atoms with Crippen molar-refractivity contribution in [1.82, 2.24) is 5.32 Å². The quantitative estimate of drug-likeness (QED) is 0.675. The van der Waals surface area contributed by atoms with E-state index in [1.807, 2.05) is 30.3 Å². The highest BCUT2D eigenvalue weighted by Gasteiger charge is 2.19. The maximum atomic E-state index is 9.69. The molecule has 0 radical (unpaired) electrons. The Morgan fingerprint density at radius 1 is 1.27 bits per heavy atom. The maximum absolute atomic E-state index is 9.69. The molecule has 0 aromatic heterocycles. The zero-order valence-electron chi connectivity index (χ0n) is 8.48. The van der Waals surface area contributed by atoms with Crippen LogP contribution in [-0.4, -0.2) is 29.4 Å². The molecule has 1 aliphatic heterocycles. The summed E-state index contributed by atoms with van der Waals surface area (Å²) < 4.78 is 0. The van der Waals surface area contributed by atoms with Crippen molar-refractivity contribution in [2.45, 2.75) is 12.5 Å². The van der Waals surface area contributed by atoms with E-state index in [4.69, 9.17) is 0 Å². The van der Waals surface area contributed by atoms with Crippen LogP contribution in [-0.2, 0) is 6.42 Å². The summed E-state index contributed by atoms with van der Waals surface area (Å²) in [6.45, 7) is 1.09. The van der Waals surface area contributed by atoms with E-state index in [-0.39, 0.29) is 5.76 Å². The number of rotatable bonds is 2. The van der Waals surface area contributed by atoms with Crippen LogP contribution < -0.4 is 5.32 Å². The molecule has 15 heavy (non-hydrogen) atoms. The second-order valence-electron chi connectivity index (χ2n) is 3.80. The Labute approximate surface area is 89.1 Å². The van der Waals surface area contributed by atoms with E-state index in [9.17, 15) is 10.2 Å². The van der Waals surface area contributed by atoms with Crippen molar-refractivity contribution in [2.75, 3.05) is 13.1 Å². The van der Waals surface area contributed by atoms with Crippen LogP contribution in [0, 0.1) is 0 Å². The third-order valence-corrected chi connectivity index (χ3v) is 2.61. The van der Waals surface area contributed by atoms with Gasteiger partial charge in [0.05, 0.1) is 0 Å². The van der Waals surface area contributed by atoms with E-state index >= 15 is 0 Å². The van der Waals surface area contributed by atoms with Gasteiger partial charge in [0.1, 0.15) is 11.9 Å². The highest BCUT2D eigenvalue weighted by atomic mass is 16.3. The fraction of sp³-hybridized carbons (Fsp3) is 0.333. The van der Waals surface area contributed by atoms with Crippen molar-refractivity contribution in [3.05, 3.63) is 47.2 Å². The van der Waals surface area contributed by atoms with Gasteiger partial charge >= 0.3 is 0 Å². The largest absolute Gasteiger partial charge is 0.509 e. The van der Waals surface area contributed by atoms with Crippen molar-refractivity contribution in [3.8, 4) is 0 Å². The fourth-order valence-corrected chi connectivity index (χ4v) is 1.78. The molecule has 1 atom stereocenters. The highest BCUT2D eigenvalue weighted by Crippen LogP contribution is 2.15. The zero-order valence-corrected chi connectivity index (χ0v) is 8.48. The molecule has 1 aromatic rings. The van der Waals surface area contributed by atoms with Crippen LogP contribution in [0.5, 0.6) is 0 Å². The molecule has 1 aromatic carbocycles. The number of hydrogen-bond acceptors (Lipinski definition) is 3. The first-order valence-electron chi connectivity index (χ1n) is 5.11. The summed E-state index contributed by atoms with van der Waals surface area (Å²) in [5.41, 5.74) is 2.02. The Kier molecular flexibility index (Phi) is 3.04. The lowest BCUT2D eigenvalue weighted by molar-refractivity contribution is 0.140. The normalized spacial score (nSPS) is 21.8. The first-order chi connectivity index (χ1) is 7.27.